The molecule has 0 heterocycles. The van der Waals surface area contributed by atoms with E-state index in [1.165, 1.54) is 11.8 Å². The Bertz CT molecular complexity index is 66.8. The summed E-state index contributed by atoms with van der Waals surface area (Å²) in [6.07, 6.45) is 1.91. The molecule has 8 heavy (non-hydrogen) atoms. The first kappa shape index (κ1) is 7.82. The van der Waals surface area contributed by atoms with Gasteiger partial charge in [0.1, 0.15) is 0 Å². The van der Waals surface area contributed by atoms with Gasteiger partial charge in [-0.15, -0.1) is 0 Å². The second-order valence-electron chi connectivity index (χ2n) is 1.39. The maximum absolute atomic E-state index is 10.5. The van der Waals surface area contributed by atoms with Gasteiger partial charge in [0.2, 0.25) is 5.91 Å². The fourth-order valence-electron chi connectivity index (χ4n) is 0.379. The van der Waals surface area contributed by atoms with E-state index >= 15 is 0 Å². The average Bonchev–Trinajstić information content (AvgIpc) is 1.68. The lowest BCUT2D eigenvalue weighted by atomic mass is 10.6. The van der Waals surface area contributed by atoms with E-state index in [1.54, 1.807) is 0 Å². The van der Waals surface area contributed by atoms with Crippen LogP contribution in [0.4, 0.5) is 0 Å². The molecule has 48 valence electrons. The highest BCUT2D eigenvalue weighted by atomic mass is 32.2. The summed E-state index contributed by atoms with van der Waals surface area (Å²) in [6, 6.07) is 0. The van der Waals surface area contributed by atoms with E-state index in [0.717, 1.165) is 6.54 Å². The Labute approximate surface area is 54.0 Å². The Kier molecular flexibility index (Phi) is 4.85. The van der Waals surface area contributed by atoms with Gasteiger partial charge >= 0.3 is 0 Å². The highest BCUT2D eigenvalue weighted by Gasteiger charge is 1.93. The zero-order chi connectivity index (χ0) is 6.41. The standard InChI is InChI=1S/C5H11NOS/c1-3-6-5(7)4-8-2/h3-4H2,1-2H3,(H,6,7). The number of carbonyl (C=O) groups excluding carboxylic acids is 1. The van der Waals surface area contributed by atoms with Crippen molar-refractivity contribution >= 4 is 17.7 Å². The van der Waals surface area contributed by atoms with Crippen molar-refractivity contribution in [2.75, 3.05) is 18.6 Å². The highest BCUT2D eigenvalue weighted by Crippen LogP contribution is 1.87. The third kappa shape index (κ3) is 3.99. The smallest absolute Gasteiger partial charge is 0.229 e. The van der Waals surface area contributed by atoms with Crippen LogP contribution in [0.3, 0.4) is 0 Å². The van der Waals surface area contributed by atoms with Crippen LogP contribution in [0, 0.1) is 0 Å². The van der Waals surface area contributed by atoms with Crippen molar-refractivity contribution in [3.63, 3.8) is 0 Å². The van der Waals surface area contributed by atoms with Gasteiger partial charge < -0.3 is 5.32 Å². The van der Waals surface area contributed by atoms with Gasteiger partial charge in [0.15, 0.2) is 0 Å². The first-order chi connectivity index (χ1) is 3.81. The predicted molar refractivity (Wildman–Crippen MR) is 37.1 cm³/mol. The first-order valence-corrected chi connectivity index (χ1v) is 3.96. The quantitative estimate of drug-likeness (QED) is 0.607. The molecule has 0 bridgehead atoms. The van der Waals surface area contributed by atoms with Crippen molar-refractivity contribution in [2.45, 2.75) is 6.92 Å². The molecule has 0 radical (unpaired) electrons. The van der Waals surface area contributed by atoms with Gasteiger partial charge in [0, 0.05) is 6.54 Å². The van der Waals surface area contributed by atoms with E-state index in [4.69, 9.17) is 0 Å². The molecular formula is C5H11NOS. The normalized spacial score (nSPS) is 8.75. The summed E-state index contributed by atoms with van der Waals surface area (Å²) in [4.78, 5) is 10.5. The lowest BCUT2D eigenvalue weighted by Crippen LogP contribution is -2.24. The Morgan fingerprint density at radius 3 is 2.75 bits per heavy atom. The second-order valence-corrected chi connectivity index (χ2v) is 2.25. The molecular weight excluding hydrogens is 122 g/mol. The molecule has 0 aliphatic heterocycles. The van der Waals surface area contributed by atoms with Crippen LogP contribution < -0.4 is 5.32 Å². The van der Waals surface area contributed by atoms with E-state index in [-0.39, 0.29) is 5.91 Å². The van der Waals surface area contributed by atoms with E-state index in [0.29, 0.717) is 5.75 Å². The van der Waals surface area contributed by atoms with Crippen LogP contribution in [-0.4, -0.2) is 24.5 Å². The topological polar surface area (TPSA) is 29.1 Å². The molecule has 2 nitrogen and oxygen atoms in total. The van der Waals surface area contributed by atoms with Crippen LogP contribution in [0.25, 0.3) is 0 Å². The summed E-state index contributed by atoms with van der Waals surface area (Å²) in [6.45, 7) is 2.65. The Morgan fingerprint density at radius 2 is 2.38 bits per heavy atom. The molecule has 0 saturated carbocycles. The molecule has 1 amide bonds. The van der Waals surface area contributed by atoms with Gasteiger partial charge in [-0.1, -0.05) is 0 Å². The Hall–Kier alpha value is -0.180. The summed E-state index contributed by atoms with van der Waals surface area (Å²) in [5.41, 5.74) is 0. The third-order valence-electron chi connectivity index (χ3n) is 0.649. The number of rotatable bonds is 3. The molecule has 0 atom stereocenters. The van der Waals surface area contributed by atoms with E-state index in [1.807, 2.05) is 13.2 Å². The summed E-state index contributed by atoms with van der Waals surface area (Å²) in [5.74, 6) is 0.702. The summed E-state index contributed by atoms with van der Waals surface area (Å²) in [7, 11) is 0. The second kappa shape index (κ2) is 4.97. The zero-order valence-electron chi connectivity index (χ0n) is 5.23. The number of carbonyl (C=O) groups is 1. The summed E-state index contributed by atoms with van der Waals surface area (Å²) >= 11 is 1.54. The van der Waals surface area contributed by atoms with Crippen molar-refractivity contribution in [3.8, 4) is 0 Å². The monoisotopic (exact) mass is 133 g/mol. The lowest BCUT2D eigenvalue weighted by Gasteiger charge is -1.96. The Morgan fingerprint density at radius 1 is 1.75 bits per heavy atom. The van der Waals surface area contributed by atoms with Crippen LogP contribution in [-0.2, 0) is 4.79 Å². The lowest BCUT2D eigenvalue weighted by molar-refractivity contribution is -0.118. The van der Waals surface area contributed by atoms with Crippen molar-refractivity contribution in [1.82, 2.24) is 5.32 Å². The van der Waals surface area contributed by atoms with E-state index in [2.05, 4.69) is 5.32 Å². The molecule has 0 unspecified atom stereocenters. The number of hydrogen-bond donors (Lipinski definition) is 1. The summed E-state index contributed by atoms with van der Waals surface area (Å²) in [5, 5.41) is 2.69. The SMILES string of the molecule is CCNC(=O)CSC. The largest absolute Gasteiger partial charge is 0.356 e. The van der Waals surface area contributed by atoms with Crippen LogP contribution in [0.2, 0.25) is 0 Å². The number of hydrogen-bond acceptors (Lipinski definition) is 2. The molecule has 0 rings (SSSR count). The first-order valence-electron chi connectivity index (χ1n) is 2.57. The third-order valence-corrected chi connectivity index (χ3v) is 1.20. The fourth-order valence-corrected chi connectivity index (χ4v) is 0.744. The van der Waals surface area contributed by atoms with Crippen molar-refractivity contribution in [1.29, 1.82) is 0 Å². The number of amides is 1. The van der Waals surface area contributed by atoms with Crippen LogP contribution in [0.1, 0.15) is 6.92 Å². The maximum Gasteiger partial charge on any atom is 0.229 e. The predicted octanol–water partition coefficient (Wildman–Crippen LogP) is 0.485. The maximum atomic E-state index is 10.5. The Balaban J connectivity index is 3.06. The molecule has 0 fully saturated rings. The molecule has 0 aromatic rings. The van der Waals surface area contributed by atoms with Gasteiger partial charge in [-0.3, -0.25) is 4.79 Å². The molecule has 0 saturated heterocycles. The van der Waals surface area contributed by atoms with Crippen LogP contribution in [0.15, 0.2) is 0 Å². The molecule has 0 aromatic heterocycles. The van der Waals surface area contributed by atoms with E-state index in [9.17, 15) is 4.79 Å². The highest BCUT2D eigenvalue weighted by molar-refractivity contribution is 7.99. The van der Waals surface area contributed by atoms with E-state index < -0.39 is 0 Å². The minimum atomic E-state index is 0.125. The number of nitrogens with one attached hydrogen (secondary N) is 1. The number of thioether (sulfide) groups is 1. The molecule has 3 heteroatoms. The molecule has 0 aliphatic carbocycles. The van der Waals surface area contributed by atoms with Crippen molar-refractivity contribution < 1.29 is 4.79 Å². The summed E-state index contributed by atoms with van der Waals surface area (Å²) < 4.78 is 0. The van der Waals surface area contributed by atoms with Gasteiger partial charge in [-0.05, 0) is 13.2 Å². The molecule has 0 aliphatic rings. The van der Waals surface area contributed by atoms with Crippen LogP contribution >= 0.6 is 11.8 Å². The van der Waals surface area contributed by atoms with Gasteiger partial charge in [0.25, 0.3) is 0 Å². The van der Waals surface area contributed by atoms with Crippen molar-refractivity contribution in [2.24, 2.45) is 0 Å². The minimum Gasteiger partial charge on any atom is -0.356 e. The molecule has 0 spiro atoms. The minimum absolute atomic E-state index is 0.125. The zero-order valence-corrected chi connectivity index (χ0v) is 6.05. The van der Waals surface area contributed by atoms with Gasteiger partial charge in [-0.2, -0.15) is 11.8 Å². The van der Waals surface area contributed by atoms with Gasteiger partial charge in [0.05, 0.1) is 5.75 Å². The average molecular weight is 133 g/mol. The fraction of sp³-hybridized carbons (Fsp3) is 0.800. The van der Waals surface area contributed by atoms with Crippen molar-refractivity contribution in [3.05, 3.63) is 0 Å². The van der Waals surface area contributed by atoms with Gasteiger partial charge in [-0.25, -0.2) is 0 Å². The molecule has 0 aromatic carbocycles. The molecule has 1 N–H and O–H groups in total. The van der Waals surface area contributed by atoms with Crippen LogP contribution in [0.5, 0.6) is 0 Å².